The van der Waals surface area contributed by atoms with E-state index >= 15 is 0 Å². The molecule has 0 saturated heterocycles. The average molecular weight is 446 g/mol. The van der Waals surface area contributed by atoms with Crippen LogP contribution in [0.1, 0.15) is 131 Å². The molecule has 0 aliphatic carbocycles. The molecule has 0 aliphatic rings. The number of rotatable bonds is 19. The fourth-order valence-electron chi connectivity index (χ4n) is 4.06. The van der Waals surface area contributed by atoms with Gasteiger partial charge in [0.05, 0.1) is 17.7 Å². The zero-order valence-electron chi connectivity index (χ0n) is 21.0. The molecule has 0 unspecified atom stereocenters. The van der Waals surface area contributed by atoms with E-state index in [2.05, 4.69) is 13.8 Å². The molecular weight excluding hydrogens is 398 g/mol. The van der Waals surface area contributed by atoms with Crippen LogP contribution >= 0.6 is 0 Å². The maximum absolute atomic E-state index is 13.4. The molecule has 4 nitrogen and oxygen atoms in total. The Morgan fingerprint density at radius 1 is 0.656 bits per heavy atom. The summed E-state index contributed by atoms with van der Waals surface area (Å²) in [4.78, 5) is 27.7. The van der Waals surface area contributed by atoms with Crippen molar-refractivity contribution in [3.05, 3.63) is 35.4 Å². The van der Waals surface area contributed by atoms with Crippen LogP contribution in [0, 0.1) is 0 Å². The van der Waals surface area contributed by atoms with Crippen molar-refractivity contribution in [3.8, 4) is 0 Å². The molecule has 0 aromatic heterocycles. The Bertz CT molecular complexity index is 611. The third-order valence-corrected chi connectivity index (χ3v) is 6.00. The lowest BCUT2D eigenvalue weighted by molar-refractivity contribution is 0.0518. The van der Waals surface area contributed by atoms with Crippen molar-refractivity contribution >= 4 is 11.9 Å². The summed E-state index contributed by atoms with van der Waals surface area (Å²) in [5.41, 5.74) is 0.848. The third kappa shape index (κ3) is 11.7. The molecule has 0 aliphatic heterocycles. The maximum atomic E-state index is 13.4. The van der Waals surface area contributed by atoms with Crippen molar-refractivity contribution in [2.45, 2.75) is 111 Å². The van der Waals surface area contributed by atoms with E-state index < -0.39 is 5.97 Å². The molecule has 1 amide bonds. The predicted octanol–water partition coefficient (Wildman–Crippen LogP) is 7.81. The van der Waals surface area contributed by atoms with Crippen LogP contribution in [0.3, 0.4) is 0 Å². The van der Waals surface area contributed by atoms with Gasteiger partial charge in [0.15, 0.2) is 0 Å². The van der Waals surface area contributed by atoms with Gasteiger partial charge in [-0.15, -0.1) is 0 Å². The van der Waals surface area contributed by atoms with Crippen LogP contribution in [0.4, 0.5) is 0 Å². The van der Waals surface area contributed by atoms with Gasteiger partial charge in [0.1, 0.15) is 0 Å². The minimum absolute atomic E-state index is 0.0365. The summed E-state index contributed by atoms with van der Waals surface area (Å²) in [6.07, 6.45) is 17.2. The standard InChI is InChI=1S/C28H47NO3/c1-4-7-9-11-13-15-19-23-29(24-20-16-14-12-10-8-5-2)27(30)25-21-17-18-22-26(25)28(31)32-6-3/h17-18,21-22H,4-16,19-20,23-24H2,1-3H3. The molecule has 0 bridgehead atoms. The van der Waals surface area contributed by atoms with E-state index in [0.717, 1.165) is 38.8 Å². The van der Waals surface area contributed by atoms with Gasteiger partial charge < -0.3 is 9.64 Å². The van der Waals surface area contributed by atoms with Crippen LogP contribution in [0.5, 0.6) is 0 Å². The molecule has 32 heavy (non-hydrogen) atoms. The topological polar surface area (TPSA) is 46.6 Å². The fraction of sp³-hybridized carbons (Fsp3) is 0.714. The molecule has 0 radical (unpaired) electrons. The van der Waals surface area contributed by atoms with Gasteiger partial charge in [-0.05, 0) is 31.9 Å². The number of esters is 1. The van der Waals surface area contributed by atoms with Gasteiger partial charge in [-0.3, -0.25) is 4.79 Å². The van der Waals surface area contributed by atoms with Crippen molar-refractivity contribution in [1.29, 1.82) is 0 Å². The highest BCUT2D eigenvalue weighted by Crippen LogP contribution is 2.16. The number of ether oxygens (including phenoxy) is 1. The summed E-state index contributed by atoms with van der Waals surface area (Å²) >= 11 is 0. The second kappa shape index (κ2) is 18.7. The highest BCUT2D eigenvalue weighted by atomic mass is 16.5. The normalized spacial score (nSPS) is 10.8. The summed E-state index contributed by atoms with van der Waals surface area (Å²) in [6.45, 7) is 8.10. The molecular formula is C28H47NO3. The summed E-state index contributed by atoms with van der Waals surface area (Å²) in [6, 6.07) is 7.08. The number of nitrogens with zero attached hydrogens (tertiary/aromatic N) is 1. The highest BCUT2D eigenvalue weighted by molar-refractivity contribution is 6.05. The van der Waals surface area contributed by atoms with E-state index in [1.165, 1.54) is 64.2 Å². The van der Waals surface area contributed by atoms with E-state index in [1.807, 2.05) is 11.0 Å². The van der Waals surface area contributed by atoms with Crippen LogP contribution < -0.4 is 0 Å². The number of carbonyl (C=O) groups is 2. The van der Waals surface area contributed by atoms with E-state index in [4.69, 9.17) is 4.74 Å². The monoisotopic (exact) mass is 445 g/mol. The van der Waals surface area contributed by atoms with Gasteiger partial charge in [-0.1, -0.05) is 103 Å². The van der Waals surface area contributed by atoms with Crippen LogP contribution in [0.25, 0.3) is 0 Å². The number of unbranched alkanes of at least 4 members (excludes halogenated alkanes) is 12. The van der Waals surface area contributed by atoms with Crippen molar-refractivity contribution < 1.29 is 14.3 Å². The molecule has 0 saturated carbocycles. The van der Waals surface area contributed by atoms with Gasteiger partial charge in [0, 0.05) is 13.1 Å². The molecule has 182 valence electrons. The molecule has 0 fully saturated rings. The molecule has 1 rings (SSSR count). The Hall–Kier alpha value is -1.84. The Labute approximate surface area is 197 Å². The molecule has 0 spiro atoms. The minimum Gasteiger partial charge on any atom is -0.462 e. The first kappa shape index (κ1) is 28.2. The molecule has 0 heterocycles. The largest absolute Gasteiger partial charge is 0.462 e. The number of hydrogen-bond donors (Lipinski definition) is 0. The zero-order valence-corrected chi connectivity index (χ0v) is 21.0. The first-order valence-electron chi connectivity index (χ1n) is 13.2. The molecule has 1 aromatic rings. The van der Waals surface area contributed by atoms with Crippen LogP contribution in [0.15, 0.2) is 24.3 Å². The number of benzene rings is 1. The van der Waals surface area contributed by atoms with Crippen molar-refractivity contribution in [1.82, 2.24) is 4.90 Å². The second-order valence-electron chi connectivity index (χ2n) is 8.80. The number of hydrogen-bond acceptors (Lipinski definition) is 3. The van der Waals surface area contributed by atoms with Crippen LogP contribution in [-0.4, -0.2) is 36.5 Å². The molecule has 4 heteroatoms. The maximum Gasteiger partial charge on any atom is 0.338 e. The Morgan fingerprint density at radius 2 is 1.09 bits per heavy atom. The van der Waals surface area contributed by atoms with Crippen molar-refractivity contribution in [2.75, 3.05) is 19.7 Å². The molecule has 1 aromatic carbocycles. The first-order valence-corrected chi connectivity index (χ1v) is 13.2. The highest BCUT2D eigenvalue weighted by Gasteiger charge is 2.22. The van der Waals surface area contributed by atoms with E-state index in [1.54, 1.807) is 25.1 Å². The number of amides is 1. The summed E-state index contributed by atoms with van der Waals surface area (Å²) in [7, 11) is 0. The lowest BCUT2D eigenvalue weighted by Crippen LogP contribution is -2.34. The lowest BCUT2D eigenvalue weighted by Gasteiger charge is -2.24. The Kier molecular flexibility index (Phi) is 16.5. The van der Waals surface area contributed by atoms with E-state index in [9.17, 15) is 9.59 Å². The summed E-state index contributed by atoms with van der Waals surface area (Å²) in [5, 5.41) is 0. The van der Waals surface area contributed by atoms with Gasteiger partial charge in [0.2, 0.25) is 0 Å². The quantitative estimate of drug-likeness (QED) is 0.161. The van der Waals surface area contributed by atoms with Crippen LogP contribution in [-0.2, 0) is 4.74 Å². The van der Waals surface area contributed by atoms with Crippen molar-refractivity contribution in [2.24, 2.45) is 0 Å². The van der Waals surface area contributed by atoms with Gasteiger partial charge in [-0.2, -0.15) is 0 Å². The second-order valence-corrected chi connectivity index (χ2v) is 8.80. The Morgan fingerprint density at radius 3 is 1.56 bits per heavy atom. The van der Waals surface area contributed by atoms with Crippen LogP contribution in [0.2, 0.25) is 0 Å². The summed E-state index contributed by atoms with van der Waals surface area (Å²) in [5.74, 6) is -0.450. The SMILES string of the molecule is CCCCCCCCCN(CCCCCCCCC)C(=O)c1ccccc1C(=O)OCC. The van der Waals surface area contributed by atoms with Gasteiger partial charge in [0.25, 0.3) is 5.91 Å². The third-order valence-electron chi connectivity index (χ3n) is 6.00. The van der Waals surface area contributed by atoms with E-state index in [0.29, 0.717) is 17.7 Å². The van der Waals surface area contributed by atoms with E-state index in [-0.39, 0.29) is 5.91 Å². The smallest absolute Gasteiger partial charge is 0.338 e. The lowest BCUT2D eigenvalue weighted by atomic mass is 10.0. The van der Waals surface area contributed by atoms with Gasteiger partial charge in [-0.25, -0.2) is 4.79 Å². The molecule has 0 atom stereocenters. The van der Waals surface area contributed by atoms with Crippen molar-refractivity contribution in [3.63, 3.8) is 0 Å². The zero-order chi connectivity index (χ0) is 23.4. The Balaban J connectivity index is 2.68. The fourth-order valence-corrected chi connectivity index (χ4v) is 4.06. The average Bonchev–Trinajstić information content (AvgIpc) is 2.81. The number of carbonyl (C=O) groups excluding carboxylic acids is 2. The predicted molar refractivity (Wildman–Crippen MR) is 134 cm³/mol. The molecule has 0 N–H and O–H groups in total. The first-order chi connectivity index (χ1) is 15.7. The van der Waals surface area contributed by atoms with Gasteiger partial charge >= 0.3 is 5.97 Å². The minimum atomic E-state index is -0.414. The summed E-state index contributed by atoms with van der Waals surface area (Å²) < 4.78 is 5.18.